The van der Waals surface area contributed by atoms with Crippen molar-refractivity contribution in [3.8, 4) is 10.6 Å². The first-order chi connectivity index (χ1) is 11.6. The number of hydrogen-bond donors (Lipinski definition) is 1. The van der Waals surface area contributed by atoms with E-state index in [-0.39, 0.29) is 0 Å². The van der Waals surface area contributed by atoms with E-state index < -0.39 is 0 Å². The van der Waals surface area contributed by atoms with Gasteiger partial charge >= 0.3 is 0 Å². The monoisotopic (exact) mass is 359 g/mol. The van der Waals surface area contributed by atoms with Crippen molar-refractivity contribution in [3.63, 3.8) is 0 Å². The van der Waals surface area contributed by atoms with Crippen LogP contribution in [0.15, 0.2) is 24.3 Å². The summed E-state index contributed by atoms with van der Waals surface area (Å²) in [7, 11) is 0. The molecule has 0 amide bonds. The third-order valence-electron chi connectivity index (χ3n) is 4.35. The van der Waals surface area contributed by atoms with Crippen LogP contribution in [0.3, 0.4) is 0 Å². The molecule has 1 aliphatic rings. The summed E-state index contributed by atoms with van der Waals surface area (Å²) in [4.78, 5) is 8.75. The summed E-state index contributed by atoms with van der Waals surface area (Å²) >= 11 is 3.50. The number of thiazole rings is 1. The number of benzene rings is 1. The molecular formula is C19H25N3S2. The summed E-state index contributed by atoms with van der Waals surface area (Å²) in [5, 5.41) is 2.00. The van der Waals surface area contributed by atoms with Gasteiger partial charge in [-0.15, -0.1) is 22.7 Å². The van der Waals surface area contributed by atoms with Crippen LogP contribution in [0.25, 0.3) is 20.8 Å². The molecule has 3 heterocycles. The molecule has 0 unspecified atom stereocenters. The molecule has 1 aromatic carbocycles. The van der Waals surface area contributed by atoms with E-state index in [2.05, 4.69) is 36.9 Å². The number of nitrogen functional groups attached to an aromatic ring is 1. The first-order valence-corrected chi connectivity index (χ1v) is 10.3. The predicted octanol–water partition coefficient (Wildman–Crippen LogP) is 5.40. The number of fused-ring (bicyclic) bond motifs is 2. The summed E-state index contributed by atoms with van der Waals surface area (Å²) in [5.74, 6) is 0. The minimum atomic E-state index is 0.586. The molecule has 1 aliphatic heterocycles. The Morgan fingerprint density at radius 1 is 1.17 bits per heavy atom. The molecule has 2 aromatic heterocycles. The fourth-order valence-electron chi connectivity index (χ4n) is 3.10. The summed E-state index contributed by atoms with van der Waals surface area (Å²) in [6.07, 6.45) is 1.08. The highest BCUT2D eigenvalue weighted by molar-refractivity contribution is 7.22. The average molecular weight is 360 g/mol. The van der Waals surface area contributed by atoms with Gasteiger partial charge in [-0.3, -0.25) is 4.90 Å². The first kappa shape index (κ1) is 17.4. The van der Waals surface area contributed by atoms with Crippen LogP contribution in [0, 0.1) is 0 Å². The Hall–Kier alpha value is -1.43. The highest BCUT2D eigenvalue weighted by Crippen LogP contribution is 2.44. The molecule has 128 valence electrons. The van der Waals surface area contributed by atoms with Gasteiger partial charge in [0.1, 0.15) is 5.01 Å². The topological polar surface area (TPSA) is 42.1 Å². The summed E-state index contributed by atoms with van der Waals surface area (Å²) in [6, 6.07) is 8.90. The molecule has 2 N–H and O–H groups in total. The summed E-state index contributed by atoms with van der Waals surface area (Å²) < 4.78 is 1.23. The summed E-state index contributed by atoms with van der Waals surface area (Å²) in [5.41, 5.74) is 10.1. The second kappa shape index (κ2) is 7.21. The zero-order valence-electron chi connectivity index (χ0n) is 14.8. The molecular weight excluding hydrogens is 334 g/mol. The molecule has 0 saturated heterocycles. The molecule has 24 heavy (non-hydrogen) atoms. The van der Waals surface area contributed by atoms with Gasteiger partial charge in [0, 0.05) is 29.6 Å². The van der Waals surface area contributed by atoms with Gasteiger partial charge in [-0.1, -0.05) is 26.0 Å². The van der Waals surface area contributed by atoms with E-state index in [1.807, 2.05) is 19.9 Å². The van der Waals surface area contributed by atoms with Gasteiger partial charge < -0.3 is 5.73 Å². The maximum atomic E-state index is 6.36. The third kappa shape index (κ3) is 3.08. The highest BCUT2D eigenvalue weighted by Gasteiger charge is 2.26. The Balaban J connectivity index is 0.000000815. The van der Waals surface area contributed by atoms with Gasteiger partial charge in [0.2, 0.25) is 0 Å². The number of thiophene rings is 1. The van der Waals surface area contributed by atoms with Crippen molar-refractivity contribution in [1.82, 2.24) is 9.88 Å². The van der Waals surface area contributed by atoms with Crippen molar-refractivity contribution in [2.45, 2.75) is 46.7 Å². The van der Waals surface area contributed by atoms with Crippen molar-refractivity contribution in [2.75, 3.05) is 12.3 Å². The minimum absolute atomic E-state index is 0.586. The normalized spacial score (nSPS) is 14.5. The lowest BCUT2D eigenvalue weighted by Gasteiger charge is -2.30. The molecule has 3 aromatic rings. The molecule has 5 heteroatoms. The van der Waals surface area contributed by atoms with E-state index in [1.54, 1.807) is 22.7 Å². The number of anilines is 1. The first-order valence-electron chi connectivity index (χ1n) is 8.63. The van der Waals surface area contributed by atoms with Crippen molar-refractivity contribution >= 4 is 37.9 Å². The molecule has 0 atom stereocenters. The van der Waals surface area contributed by atoms with Gasteiger partial charge in [0.15, 0.2) is 0 Å². The van der Waals surface area contributed by atoms with E-state index in [9.17, 15) is 0 Å². The Kier molecular flexibility index (Phi) is 5.23. The number of nitrogens with two attached hydrogens (primary N) is 1. The van der Waals surface area contributed by atoms with Gasteiger partial charge in [0.25, 0.3) is 0 Å². The van der Waals surface area contributed by atoms with E-state index >= 15 is 0 Å². The van der Waals surface area contributed by atoms with E-state index in [0.29, 0.717) is 6.04 Å². The Morgan fingerprint density at radius 2 is 1.92 bits per heavy atom. The zero-order chi connectivity index (χ0) is 17.3. The maximum Gasteiger partial charge on any atom is 0.127 e. The van der Waals surface area contributed by atoms with Crippen molar-refractivity contribution in [1.29, 1.82) is 0 Å². The van der Waals surface area contributed by atoms with Crippen molar-refractivity contribution in [2.24, 2.45) is 0 Å². The maximum absolute atomic E-state index is 6.36. The lowest BCUT2D eigenvalue weighted by Crippen LogP contribution is -2.35. The molecule has 0 fully saturated rings. The molecule has 0 bridgehead atoms. The van der Waals surface area contributed by atoms with Crippen molar-refractivity contribution in [3.05, 3.63) is 34.7 Å². The van der Waals surface area contributed by atoms with Gasteiger partial charge in [-0.2, -0.15) is 0 Å². The lowest BCUT2D eigenvalue weighted by molar-refractivity contribution is 0.206. The van der Waals surface area contributed by atoms with Gasteiger partial charge in [0.05, 0.1) is 15.2 Å². The fourth-order valence-corrected chi connectivity index (χ4v) is 5.36. The quantitative estimate of drug-likeness (QED) is 0.666. The predicted molar refractivity (Wildman–Crippen MR) is 108 cm³/mol. The standard InChI is InChI=1S/C17H19N3S2.C2H6/c1-10(2)20-8-7-11-14(9-20)21-16(18)15(11)17-19-12-5-3-4-6-13(12)22-17;1-2/h3-6,10H,7-9,18H2,1-2H3;1-2H3. The number of nitrogens with zero attached hydrogens (tertiary/aromatic N) is 2. The number of hydrogen-bond acceptors (Lipinski definition) is 5. The Labute approximate surface area is 152 Å². The Morgan fingerprint density at radius 3 is 2.62 bits per heavy atom. The largest absolute Gasteiger partial charge is 0.390 e. The number of para-hydroxylation sites is 1. The van der Waals surface area contributed by atoms with Crippen LogP contribution in [0.5, 0.6) is 0 Å². The van der Waals surface area contributed by atoms with Crippen LogP contribution in [0.1, 0.15) is 38.1 Å². The van der Waals surface area contributed by atoms with E-state index in [1.165, 1.54) is 20.7 Å². The smallest absolute Gasteiger partial charge is 0.127 e. The molecule has 3 nitrogen and oxygen atoms in total. The summed E-state index contributed by atoms with van der Waals surface area (Å²) in [6.45, 7) is 10.7. The molecule has 4 rings (SSSR count). The lowest BCUT2D eigenvalue weighted by atomic mass is 10.0. The van der Waals surface area contributed by atoms with Crippen molar-refractivity contribution < 1.29 is 0 Å². The zero-order valence-corrected chi connectivity index (χ0v) is 16.4. The molecule has 0 aliphatic carbocycles. The van der Waals surface area contributed by atoms with Crippen LogP contribution in [-0.4, -0.2) is 22.5 Å². The third-order valence-corrected chi connectivity index (χ3v) is 6.45. The number of aromatic nitrogens is 1. The van der Waals surface area contributed by atoms with E-state index in [4.69, 9.17) is 10.7 Å². The van der Waals surface area contributed by atoms with Crippen LogP contribution >= 0.6 is 22.7 Å². The Bertz CT molecular complexity index is 799. The van der Waals surface area contributed by atoms with Gasteiger partial charge in [-0.25, -0.2) is 4.98 Å². The minimum Gasteiger partial charge on any atom is -0.390 e. The SMILES string of the molecule is CC.CC(C)N1CCc2c(sc(N)c2-c2nc3ccccc3s2)C1. The van der Waals surface area contributed by atoms with Crippen LogP contribution in [0.2, 0.25) is 0 Å². The number of rotatable bonds is 2. The van der Waals surface area contributed by atoms with Crippen LogP contribution in [-0.2, 0) is 13.0 Å². The molecule has 0 spiro atoms. The second-order valence-corrected chi connectivity index (χ2v) is 8.21. The molecule has 0 saturated carbocycles. The fraction of sp³-hybridized carbons (Fsp3) is 0.421. The van der Waals surface area contributed by atoms with Gasteiger partial charge in [-0.05, 0) is 38.0 Å². The second-order valence-electron chi connectivity index (χ2n) is 6.04. The highest BCUT2D eigenvalue weighted by atomic mass is 32.1. The van der Waals surface area contributed by atoms with Crippen LogP contribution < -0.4 is 5.73 Å². The van der Waals surface area contributed by atoms with E-state index in [0.717, 1.165) is 35.0 Å². The van der Waals surface area contributed by atoms with Crippen LogP contribution in [0.4, 0.5) is 5.00 Å². The average Bonchev–Trinajstić information content (AvgIpc) is 3.15. The molecule has 0 radical (unpaired) electrons.